The van der Waals surface area contributed by atoms with E-state index < -0.39 is 6.04 Å². The molecule has 2 N–H and O–H groups in total. The lowest BCUT2D eigenvalue weighted by molar-refractivity contribution is -0.122. The van der Waals surface area contributed by atoms with Gasteiger partial charge >= 0.3 is 0 Å². The maximum absolute atomic E-state index is 12.4. The number of nitrogens with zero attached hydrogens (tertiary/aromatic N) is 2. The number of para-hydroxylation sites is 3. The number of anilines is 1. The molecule has 4 rings (SSSR count). The van der Waals surface area contributed by atoms with Gasteiger partial charge in [-0.15, -0.1) is 0 Å². The average Bonchev–Trinajstić information content (AvgIpc) is 3.19. The number of nitrogens with one attached hydrogen (secondary N) is 2. The Labute approximate surface area is 138 Å². The number of carbonyl (C=O) groups excluding carboxylic acids is 2. The lowest BCUT2D eigenvalue weighted by Gasteiger charge is -2.13. The van der Waals surface area contributed by atoms with Crippen molar-refractivity contribution in [3.05, 3.63) is 54.6 Å². The summed E-state index contributed by atoms with van der Waals surface area (Å²) in [6, 6.07) is 16.9. The molecule has 3 aromatic rings. The molecule has 1 aliphatic rings. The molecule has 1 aromatic heterocycles. The molecular weight excluding hydrogens is 304 g/mol. The lowest BCUT2D eigenvalue weighted by Crippen LogP contribution is -2.37. The fourth-order valence-electron chi connectivity index (χ4n) is 2.96. The first-order valence-electron chi connectivity index (χ1n) is 7.85. The number of benzene rings is 2. The van der Waals surface area contributed by atoms with Crippen molar-refractivity contribution < 1.29 is 9.59 Å². The SMILES string of the molecule is O=C1CCC(C(=O)Nc2nc3ccccc3n2-c2ccccc2)N1. The summed E-state index contributed by atoms with van der Waals surface area (Å²) in [4.78, 5) is 28.3. The number of hydrogen-bond acceptors (Lipinski definition) is 3. The van der Waals surface area contributed by atoms with Crippen LogP contribution in [0.2, 0.25) is 0 Å². The Hall–Kier alpha value is -3.15. The van der Waals surface area contributed by atoms with Crippen LogP contribution < -0.4 is 10.6 Å². The quantitative estimate of drug-likeness (QED) is 0.777. The molecule has 2 amide bonds. The second kappa shape index (κ2) is 5.81. The van der Waals surface area contributed by atoms with Crippen LogP contribution in [-0.2, 0) is 9.59 Å². The summed E-state index contributed by atoms with van der Waals surface area (Å²) in [5.74, 6) is 0.119. The number of carbonyl (C=O) groups is 2. The fraction of sp³-hybridized carbons (Fsp3) is 0.167. The zero-order valence-electron chi connectivity index (χ0n) is 12.9. The van der Waals surface area contributed by atoms with E-state index in [2.05, 4.69) is 15.6 Å². The minimum absolute atomic E-state index is 0.0910. The Morgan fingerprint density at radius 2 is 1.88 bits per heavy atom. The highest BCUT2D eigenvalue weighted by Crippen LogP contribution is 2.25. The standard InChI is InChI=1S/C18H16N4O2/c23-16-11-10-14(19-16)17(24)21-18-20-13-8-4-5-9-15(13)22(18)12-6-2-1-3-7-12/h1-9,14H,10-11H2,(H,19,23)(H,20,21,24). The van der Waals surface area contributed by atoms with Crippen molar-refractivity contribution in [2.24, 2.45) is 0 Å². The lowest BCUT2D eigenvalue weighted by atomic mass is 10.2. The van der Waals surface area contributed by atoms with Crippen molar-refractivity contribution in [1.82, 2.24) is 14.9 Å². The van der Waals surface area contributed by atoms with Gasteiger partial charge in [0, 0.05) is 12.1 Å². The Bertz CT molecular complexity index is 917. The first-order valence-corrected chi connectivity index (χ1v) is 7.85. The second-order valence-electron chi connectivity index (χ2n) is 5.74. The maximum atomic E-state index is 12.4. The molecule has 1 saturated heterocycles. The summed E-state index contributed by atoms with van der Waals surface area (Å²) in [5.41, 5.74) is 2.62. The molecule has 0 saturated carbocycles. The molecule has 0 radical (unpaired) electrons. The molecule has 1 atom stereocenters. The predicted molar refractivity (Wildman–Crippen MR) is 90.9 cm³/mol. The second-order valence-corrected chi connectivity index (χ2v) is 5.74. The van der Waals surface area contributed by atoms with Crippen molar-refractivity contribution in [2.75, 3.05) is 5.32 Å². The summed E-state index contributed by atoms with van der Waals surface area (Å²) < 4.78 is 1.91. The molecule has 1 unspecified atom stereocenters. The number of fused-ring (bicyclic) bond motifs is 1. The van der Waals surface area contributed by atoms with Gasteiger partial charge in [-0.2, -0.15) is 0 Å². The molecule has 0 aliphatic carbocycles. The Morgan fingerprint density at radius 1 is 1.12 bits per heavy atom. The first kappa shape index (κ1) is 14.4. The maximum Gasteiger partial charge on any atom is 0.249 e. The molecule has 2 aromatic carbocycles. The minimum atomic E-state index is -0.499. The molecule has 24 heavy (non-hydrogen) atoms. The van der Waals surface area contributed by atoms with Crippen molar-refractivity contribution in [3.63, 3.8) is 0 Å². The number of imidazole rings is 1. The van der Waals surface area contributed by atoms with Gasteiger partial charge in [0.15, 0.2) is 0 Å². The van der Waals surface area contributed by atoms with Crippen LogP contribution in [0.4, 0.5) is 5.95 Å². The Kier molecular flexibility index (Phi) is 3.49. The Balaban J connectivity index is 1.75. The van der Waals surface area contributed by atoms with Crippen LogP contribution in [0.25, 0.3) is 16.7 Å². The summed E-state index contributed by atoms with van der Waals surface area (Å²) in [6.07, 6.45) is 0.892. The van der Waals surface area contributed by atoms with E-state index in [9.17, 15) is 9.59 Å². The summed E-state index contributed by atoms with van der Waals surface area (Å²) in [7, 11) is 0. The molecular formula is C18H16N4O2. The van der Waals surface area contributed by atoms with Crippen LogP contribution in [0.15, 0.2) is 54.6 Å². The molecule has 0 spiro atoms. The van der Waals surface area contributed by atoms with Crippen LogP contribution in [0.3, 0.4) is 0 Å². The van der Waals surface area contributed by atoms with E-state index in [4.69, 9.17) is 0 Å². The van der Waals surface area contributed by atoms with E-state index >= 15 is 0 Å². The third-order valence-corrected chi connectivity index (χ3v) is 4.12. The molecule has 6 nitrogen and oxygen atoms in total. The summed E-state index contributed by atoms with van der Waals surface area (Å²) in [5, 5.41) is 5.54. The van der Waals surface area contributed by atoms with Crippen LogP contribution in [0.5, 0.6) is 0 Å². The van der Waals surface area contributed by atoms with E-state index in [0.717, 1.165) is 16.7 Å². The van der Waals surface area contributed by atoms with Crippen molar-refractivity contribution in [2.45, 2.75) is 18.9 Å². The van der Waals surface area contributed by atoms with Crippen molar-refractivity contribution >= 4 is 28.8 Å². The third kappa shape index (κ3) is 2.52. The molecule has 1 fully saturated rings. The van der Waals surface area contributed by atoms with E-state index in [0.29, 0.717) is 18.8 Å². The van der Waals surface area contributed by atoms with Crippen LogP contribution in [-0.4, -0.2) is 27.4 Å². The average molecular weight is 320 g/mol. The van der Waals surface area contributed by atoms with Crippen LogP contribution in [0.1, 0.15) is 12.8 Å². The molecule has 120 valence electrons. The van der Waals surface area contributed by atoms with Gasteiger partial charge in [0.25, 0.3) is 0 Å². The van der Waals surface area contributed by atoms with Gasteiger partial charge in [-0.25, -0.2) is 4.98 Å². The first-order chi connectivity index (χ1) is 11.7. The third-order valence-electron chi connectivity index (χ3n) is 4.12. The summed E-state index contributed by atoms with van der Waals surface area (Å²) in [6.45, 7) is 0. The molecule has 0 bridgehead atoms. The largest absolute Gasteiger partial charge is 0.344 e. The zero-order valence-corrected chi connectivity index (χ0v) is 12.9. The molecule has 2 heterocycles. The topological polar surface area (TPSA) is 76.0 Å². The highest BCUT2D eigenvalue weighted by Gasteiger charge is 2.28. The molecule has 6 heteroatoms. The number of rotatable bonds is 3. The minimum Gasteiger partial charge on any atom is -0.344 e. The van der Waals surface area contributed by atoms with Gasteiger partial charge in [0.05, 0.1) is 11.0 Å². The van der Waals surface area contributed by atoms with Gasteiger partial charge in [0.2, 0.25) is 17.8 Å². The highest BCUT2D eigenvalue weighted by atomic mass is 16.2. The smallest absolute Gasteiger partial charge is 0.249 e. The number of amides is 2. The number of aromatic nitrogens is 2. The number of hydrogen-bond donors (Lipinski definition) is 2. The van der Waals surface area contributed by atoms with Crippen LogP contribution in [0, 0.1) is 0 Å². The van der Waals surface area contributed by atoms with E-state index in [1.807, 2.05) is 59.2 Å². The molecule has 1 aliphatic heterocycles. The van der Waals surface area contributed by atoms with Crippen molar-refractivity contribution in [1.29, 1.82) is 0 Å². The normalized spacial score (nSPS) is 17.0. The fourth-order valence-corrected chi connectivity index (χ4v) is 2.96. The van der Waals surface area contributed by atoms with Gasteiger partial charge in [-0.1, -0.05) is 30.3 Å². The zero-order chi connectivity index (χ0) is 16.5. The van der Waals surface area contributed by atoms with E-state index in [-0.39, 0.29) is 11.8 Å². The van der Waals surface area contributed by atoms with E-state index in [1.165, 1.54) is 0 Å². The van der Waals surface area contributed by atoms with Gasteiger partial charge in [0.1, 0.15) is 6.04 Å². The van der Waals surface area contributed by atoms with Crippen molar-refractivity contribution in [3.8, 4) is 5.69 Å². The Morgan fingerprint density at radius 3 is 2.62 bits per heavy atom. The monoisotopic (exact) mass is 320 g/mol. The van der Waals surface area contributed by atoms with Gasteiger partial charge < -0.3 is 5.32 Å². The van der Waals surface area contributed by atoms with Crippen LogP contribution >= 0.6 is 0 Å². The van der Waals surface area contributed by atoms with Gasteiger partial charge in [-0.3, -0.25) is 19.5 Å². The summed E-state index contributed by atoms with van der Waals surface area (Å²) >= 11 is 0. The van der Waals surface area contributed by atoms with Gasteiger partial charge in [-0.05, 0) is 30.7 Å². The van der Waals surface area contributed by atoms with E-state index in [1.54, 1.807) is 0 Å². The highest BCUT2D eigenvalue weighted by molar-refractivity contribution is 5.99. The predicted octanol–water partition coefficient (Wildman–Crippen LogP) is 2.24.